The summed E-state index contributed by atoms with van der Waals surface area (Å²) in [5.41, 5.74) is 1.67. The lowest BCUT2D eigenvalue weighted by Gasteiger charge is -2.18. The summed E-state index contributed by atoms with van der Waals surface area (Å²) in [5, 5.41) is 0. The maximum atomic E-state index is 13.6. The van der Waals surface area contributed by atoms with Crippen molar-refractivity contribution >= 4 is 39.2 Å². The zero-order chi connectivity index (χ0) is 12.7. The highest BCUT2D eigenvalue weighted by molar-refractivity contribution is 9.10. The summed E-state index contributed by atoms with van der Waals surface area (Å²) in [7, 11) is 0. The van der Waals surface area contributed by atoms with Crippen molar-refractivity contribution in [1.82, 2.24) is 9.55 Å². The van der Waals surface area contributed by atoms with E-state index in [2.05, 4.69) is 41.7 Å². The van der Waals surface area contributed by atoms with Crippen LogP contribution in [0.5, 0.6) is 0 Å². The summed E-state index contributed by atoms with van der Waals surface area (Å²) in [5.74, 6) is 0.170. The molecule has 0 saturated heterocycles. The number of imidazole rings is 1. The molecule has 2 nitrogen and oxygen atoms in total. The monoisotopic (exact) mass is 316 g/mol. The molecule has 0 amide bonds. The second-order valence-electron chi connectivity index (χ2n) is 4.57. The molecule has 2 rings (SSSR count). The van der Waals surface area contributed by atoms with E-state index in [1.165, 1.54) is 6.07 Å². The zero-order valence-electron chi connectivity index (χ0n) is 9.92. The van der Waals surface area contributed by atoms with Gasteiger partial charge in [-0.15, -0.1) is 0 Å². The fourth-order valence-corrected chi connectivity index (χ4v) is 2.54. The number of aromatic amines is 1. The van der Waals surface area contributed by atoms with E-state index in [1.807, 2.05) is 4.57 Å². The molecule has 0 spiro atoms. The van der Waals surface area contributed by atoms with Crippen LogP contribution in [0.25, 0.3) is 11.0 Å². The van der Waals surface area contributed by atoms with Crippen LogP contribution < -0.4 is 0 Å². The lowest BCUT2D eigenvalue weighted by atomic mass is 10.1. The molecule has 17 heavy (non-hydrogen) atoms. The quantitative estimate of drug-likeness (QED) is 0.788. The topological polar surface area (TPSA) is 20.7 Å². The van der Waals surface area contributed by atoms with E-state index in [0.717, 1.165) is 11.0 Å². The number of halogens is 2. The average Bonchev–Trinajstić information content (AvgIpc) is 2.53. The van der Waals surface area contributed by atoms with E-state index in [1.54, 1.807) is 6.07 Å². The zero-order valence-corrected chi connectivity index (χ0v) is 12.3. The SMILES string of the molecule is CC(C)C(C)n1c(=S)[nH]c2cc(Br)c(F)cc21. The highest BCUT2D eigenvalue weighted by atomic mass is 79.9. The Balaban J connectivity index is 2.75. The van der Waals surface area contributed by atoms with Crippen molar-refractivity contribution in [2.45, 2.75) is 26.8 Å². The van der Waals surface area contributed by atoms with E-state index in [9.17, 15) is 4.39 Å². The molecule has 1 unspecified atom stereocenters. The first kappa shape index (κ1) is 12.8. The van der Waals surface area contributed by atoms with Gasteiger partial charge >= 0.3 is 0 Å². The molecule has 1 aromatic carbocycles. The molecular weight excluding hydrogens is 303 g/mol. The highest BCUT2D eigenvalue weighted by Gasteiger charge is 2.15. The molecule has 0 saturated carbocycles. The van der Waals surface area contributed by atoms with Crippen molar-refractivity contribution in [3.05, 3.63) is 27.2 Å². The van der Waals surface area contributed by atoms with Gasteiger partial charge in [-0.2, -0.15) is 0 Å². The van der Waals surface area contributed by atoms with Gasteiger partial charge in [0.2, 0.25) is 0 Å². The van der Waals surface area contributed by atoms with Crippen molar-refractivity contribution in [2.24, 2.45) is 5.92 Å². The van der Waals surface area contributed by atoms with Crippen LogP contribution in [0.4, 0.5) is 4.39 Å². The number of benzene rings is 1. The van der Waals surface area contributed by atoms with E-state index in [0.29, 0.717) is 15.2 Å². The number of hydrogen-bond acceptors (Lipinski definition) is 1. The number of H-pyrrole nitrogens is 1. The maximum Gasteiger partial charge on any atom is 0.178 e. The van der Waals surface area contributed by atoms with E-state index >= 15 is 0 Å². The molecule has 0 aliphatic carbocycles. The predicted octanol–water partition coefficient (Wildman–Crippen LogP) is 4.82. The van der Waals surface area contributed by atoms with Gasteiger partial charge in [0.15, 0.2) is 4.77 Å². The number of aromatic nitrogens is 2. The first-order chi connectivity index (χ1) is 7.91. The standard InChI is InChI=1S/C12H14BrFN2S/c1-6(2)7(3)16-11-5-9(14)8(13)4-10(11)15-12(16)17/h4-7H,1-3H3,(H,15,17). The molecule has 5 heteroatoms. The molecule has 1 N–H and O–H groups in total. The molecule has 0 aliphatic heterocycles. The Bertz CT molecular complexity index is 615. The van der Waals surface area contributed by atoms with E-state index in [4.69, 9.17) is 12.2 Å². The minimum atomic E-state index is -0.267. The van der Waals surface area contributed by atoms with Crippen LogP contribution in [0.3, 0.4) is 0 Å². The third-order valence-electron chi connectivity index (χ3n) is 3.13. The van der Waals surface area contributed by atoms with Crippen molar-refractivity contribution in [1.29, 1.82) is 0 Å². The Morgan fingerprint density at radius 2 is 2.00 bits per heavy atom. The summed E-state index contributed by atoms with van der Waals surface area (Å²) in [6, 6.07) is 3.48. The van der Waals surface area contributed by atoms with Crippen LogP contribution in [0.15, 0.2) is 16.6 Å². The summed E-state index contributed by atoms with van der Waals surface area (Å²) in [4.78, 5) is 3.11. The number of nitrogens with one attached hydrogen (secondary N) is 1. The third kappa shape index (κ3) is 2.18. The molecule has 0 radical (unpaired) electrons. The van der Waals surface area contributed by atoms with Crippen LogP contribution >= 0.6 is 28.1 Å². The molecule has 2 aromatic rings. The van der Waals surface area contributed by atoms with Crippen molar-refractivity contribution in [3.8, 4) is 0 Å². The Kier molecular flexibility index (Phi) is 3.41. The molecule has 1 aromatic heterocycles. The Morgan fingerprint density at radius 3 is 2.59 bits per heavy atom. The molecule has 0 bridgehead atoms. The van der Waals surface area contributed by atoms with Crippen LogP contribution in [0, 0.1) is 16.5 Å². The molecular formula is C12H14BrFN2S. The third-order valence-corrected chi connectivity index (χ3v) is 4.04. The van der Waals surface area contributed by atoms with Gasteiger partial charge in [0.1, 0.15) is 5.82 Å². The summed E-state index contributed by atoms with van der Waals surface area (Å²) >= 11 is 8.48. The van der Waals surface area contributed by atoms with Gasteiger partial charge in [-0.3, -0.25) is 0 Å². The summed E-state index contributed by atoms with van der Waals surface area (Å²) < 4.78 is 16.7. The minimum absolute atomic E-state index is 0.233. The van der Waals surface area contributed by atoms with Gasteiger partial charge in [0.05, 0.1) is 15.5 Å². The fourth-order valence-electron chi connectivity index (χ4n) is 1.82. The van der Waals surface area contributed by atoms with Gasteiger partial charge in [-0.05, 0) is 47.1 Å². The molecule has 1 heterocycles. The number of rotatable bonds is 2. The second-order valence-corrected chi connectivity index (χ2v) is 5.81. The van der Waals surface area contributed by atoms with Crippen LogP contribution in [0.1, 0.15) is 26.8 Å². The van der Waals surface area contributed by atoms with Gasteiger partial charge in [0, 0.05) is 12.1 Å². The molecule has 0 fully saturated rings. The van der Waals surface area contributed by atoms with Crippen LogP contribution in [0.2, 0.25) is 0 Å². The number of fused-ring (bicyclic) bond motifs is 1. The van der Waals surface area contributed by atoms with Gasteiger partial charge < -0.3 is 9.55 Å². The van der Waals surface area contributed by atoms with Crippen molar-refractivity contribution in [2.75, 3.05) is 0 Å². The predicted molar refractivity (Wildman–Crippen MR) is 74.3 cm³/mol. The van der Waals surface area contributed by atoms with Crippen LogP contribution in [-0.2, 0) is 0 Å². The van der Waals surface area contributed by atoms with Crippen LogP contribution in [-0.4, -0.2) is 9.55 Å². The van der Waals surface area contributed by atoms with Crippen molar-refractivity contribution < 1.29 is 4.39 Å². The summed E-state index contributed by atoms with van der Waals surface area (Å²) in [6.45, 7) is 6.34. The highest BCUT2D eigenvalue weighted by Crippen LogP contribution is 2.27. The van der Waals surface area contributed by atoms with E-state index < -0.39 is 0 Å². The fraction of sp³-hybridized carbons (Fsp3) is 0.417. The largest absolute Gasteiger partial charge is 0.331 e. The first-order valence-electron chi connectivity index (χ1n) is 5.51. The first-order valence-corrected chi connectivity index (χ1v) is 6.71. The van der Waals surface area contributed by atoms with Gasteiger partial charge in [-0.25, -0.2) is 4.39 Å². The smallest absolute Gasteiger partial charge is 0.178 e. The average molecular weight is 317 g/mol. The second kappa shape index (κ2) is 4.53. The normalized spacial score (nSPS) is 13.5. The lowest BCUT2D eigenvalue weighted by Crippen LogP contribution is -2.11. The number of nitrogens with zero attached hydrogens (tertiary/aromatic N) is 1. The molecule has 0 aliphatic rings. The Labute approximate surface area is 113 Å². The molecule has 1 atom stereocenters. The van der Waals surface area contributed by atoms with Crippen molar-refractivity contribution in [3.63, 3.8) is 0 Å². The Hall–Kier alpha value is -0.680. The van der Waals surface area contributed by atoms with Gasteiger partial charge in [0.25, 0.3) is 0 Å². The Morgan fingerprint density at radius 1 is 1.35 bits per heavy atom. The molecule has 92 valence electrons. The number of hydrogen-bond donors (Lipinski definition) is 1. The minimum Gasteiger partial charge on any atom is -0.331 e. The van der Waals surface area contributed by atoms with Gasteiger partial charge in [-0.1, -0.05) is 13.8 Å². The summed E-state index contributed by atoms with van der Waals surface area (Å²) in [6.07, 6.45) is 0. The maximum absolute atomic E-state index is 13.6. The van der Waals surface area contributed by atoms with E-state index in [-0.39, 0.29) is 11.9 Å². The lowest BCUT2D eigenvalue weighted by molar-refractivity contribution is 0.413.